The first-order chi connectivity index (χ1) is 8.08. The van der Waals surface area contributed by atoms with Gasteiger partial charge in [-0.05, 0) is 24.3 Å². The summed E-state index contributed by atoms with van der Waals surface area (Å²) in [5.41, 5.74) is 0.948. The number of hydrogen-bond acceptors (Lipinski definition) is 2. The van der Waals surface area contributed by atoms with Crippen LogP contribution in [0.3, 0.4) is 0 Å². The predicted octanol–water partition coefficient (Wildman–Crippen LogP) is 1.61. The molecule has 0 aliphatic carbocycles. The minimum absolute atomic E-state index is 0.164. The highest BCUT2D eigenvalue weighted by atomic mass is 19.1. The van der Waals surface area contributed by atoms with E-state index in [-0.39, 0.29) is 11.5 Å². The van der Waals surface area contributed by atoms with Crippen LogP contribution in [0.4, 0.5) is 4.39 Å². The van der Waals surface area contributed by atoms with Crippen molar-refractivity contribution in [3.05, 3.63) is 64.3 Å². The third-order valence-electron chi connectivity index (χ3n) is 2.38. The fourth-order valence-electron chi connectivity index (χ4n) is 1.38. The van der Waals surface area contributed by atoms with Crippen molar-refractivity contribution in [2.24, 2.45) is 0 Å². The summed E-state index contributed by atoms with van der Waals surface area (Å²) in [6.45, 7) is 1.62. The number of aromatic amines is 1. The van der Waals surface area contributed by atoms with Crippen molar-refractivity contribution >= 4 is 5.78 Å². The van der Waals surface area contributed by atoms with Crippen molar-refractivity contribution in [1.82, 2.24) is 4.98 Å². The molecular weight excluding hydrogens is 223 g/mol. The van der Waals surface area contributed by atoms with Crippen molar-refractivity contribution < 1.29 is 13.6 Å². The summed E-state index contributed by atoms with van der Waals surface area (Å²) < 4.78 is 13.3. The van der Waals surface area contributed by atoms with Gasteiger partial charge in [-0.15, -0.1) is 0 Å². The van der Waals surface area contributed by atoms with Crippen molar-refractivity contribution in [3.8, 4) is 0 Å². The molecule has 1 N–H and O–H groups in total. The molecule has 17 heavy (non-hydrogen) atoms. The number of hydrogen-bond donors (Lipinski definition) is 1. The molecule has 0 amide bonds. The molecule has 0 atom stereocenters. The van der Waals surface area contributed by atoms with Crippen molar-refractivity contribution in [3.63, 3.8) is 0 Å². The zero-order valence-electron chi connectivity index (χ0n) is 9.11. The Labute approximate surface area is 96.3 Å². The summed E-state index contributed by atoms with van der Waals surface area (Å²) in [5.74, 6) is -0.761. The zero-order valence-corrected chi connectivity index (χ0v) is 9.11. The number of benzene rings is 1. The van der Waals surface area contributed by atoms with Crippen LogP contribution in [0, 0.1) is 17.6 Å². The monoisotopic (exact) mass is 233 g/mol. The number of ketones is 1. The van der Waals surface area contributed by atoms with Crippen LogP contribution in [0.5, 0.6) is 0 Å². The predicted molar refractivity (Wildman–Crippen MR) is 58.7 cm³/mol. The SMILES string of the molecule is Cc1c[nH]c(C(=O)c2ccc(F)cc2)c[n+]1=O. The first kappa shape index (κ1) is 11.2. The van der Waals surface area contributed by atoms with Crippen molar-refractivity contribution in [2.75, 3.05) is 0 Å². The zero-order chi connectivity index (χ0) is 12.4. The van der Waals surface area contributed by atoms with Crippen LogP contribution >= 0.6 is 0 Å². The average molecular weight is 233 g/mol. The van der Waals surface area contributed by atoms with Gasteiger partial charge in [0.2, 0.25) is 5.78 Å². The number of aryl methyl sites for hydroxylation is 1. The lowest BCUT2D eigenvalue weighted by Gasteiger charge is -1.98. The number of carbonyl (C=O) groups excluding carboxylic acids is 1. The Balaban J connectivity index is 2.40. The highest BCUT2D eigenvalue weighted by Crippen LogP contribution is 2.07. The van der Waals surface area contributed by atoms with E-state index in [1.165, 1.54) is 36.7 Å². The third kappa shape index (κ3) is 2.28. The molecule has 0 spiro atoms. The average Bonchev–Trinajstić information content (AvgIpc) is 2.33. The number of rotatable bonds is 2. The molecule has 0 radical (unpaired) electrons. The minimum atomic E-state index is -0.409. The topological polar surface area (TPSA) is 55.8 Å². The summed E-state index contributed by atoms with van der Waals surface area (Å²) in [6, 6.07) is 5.15. The van der Waals surface area contributed by atoms with Crippen LogP contribution in [-0.2, 0) is 0 Å². The molecule has 86 valence electrons. The Kier molecular flexibility index (Phi) is 2.82. The number of halogens is 1. The largest absolute Gasteiger partial charge is 0.348 e. The fourth-order valence-corrected chi connectivity index (χ4v) is 1.38. The number of nitrogens with zero attached hydrogens (tertiary/aromatic N) is 1. The first-order valence-corrected chi connectivity index (χ1v) is 4.99. The van der Waals surface area contributed by atoms with Gasteiger partial charge in [0.1, 0.15) is 5.82 Å². The van der Waals surface area contributed by atoms with Gasteiger partial charge in [-0.3, -0.25) is 4.79 Å². The molecule has 0 unspecified atom stereocenters. The Morgan fingerprint density at radius 3 is 2.53 bits per heavy atom. The fraction of sp³-hybridized carbons (Fsp3) is 0.0833. The summed E-state index contributed by atoms with van der Waals surface area (Å²) in [7, 11) is 0. The molecule has 5 heteroatoms. The van der Waals surface area contributed by atoms with Crippen LogP contribution in [0.1, 0.15) is 21.7 Å². The van der Waals surface area contributed by atoms with Gasteiger partial charge in [0.15, 0.2) is 5.69 Å². The lowest BCUT2D eigenvalue weighted by Crippen LogP contribution is -2.21. The quantitative estimate of drug-likeness (QED) is 0.632. The molecule has 2 rings (SSSR count). The van der Waals surface area contributed by atoms with Gasteiger partial charge in [0.25, 0.3) is 11.9 Å². The van der Waals surface area contributed by atoms with E-state index in [2.05, 4.69) is 4.98 Å². The summed E-state index contributed by atoms with van der Waals surface area (Å²) in [6.07, 6.45) is 2.62. The van der Waals surface area contributed by atoms with Crippen molar-refractivity contribution in [2.45, 2.75) is 6.92 Å². The normalized spacial score (nSPS) is 10.2. The van der Waals surface area contributed by atoms with Crippen molar-refractivity contribution in [1.29, 1.82) is 0 Å². The molecule has 0 saturated heterocycles. The second-order valence-corrected chi connectivity index (χ2v) is 3.63. The molecule has 0 aliphatic rings. The van der Waals surface area contributed by atoms with Gasteiger partial charge in [0.05, 0.1) is 10.6 Å². The highest BCUT2D eigenvalue weighted by Gasteiger charge is 2.14. The van der Waals surface area contributed by atoms with Crippen LogP contribution < -0.4 is 4.43 Å². The van der Waals surface area contributed by atoms with Gasteiger partial charge in [-0.2, -0.15) is 0 Å². The van der Waals surface area contributed by atoms with Gasteiger partial charge in [0, 0.05) is 17.4 Å². The van der Waals surface area contributed by atoms with E-state index in [1.807, 2.05) is 0 Å². The van der Waals surface area contributed by atoms with E-state index in [4.69, 9.17) is 0 Å². The Bertz CT molecular complexity index is 617. The van der Waals surface area contributed by atoms with Gasteiger partial charge in [-0.1, -0.05) is 0 Å². The smallest absolute Gasteiger partial charge is 0.255 e. The maximum Gasteiger partial charge on any atom is 0.255 e. The van der Waals surface area contributed by atoms with Gasteiger partial charge >= 0.3 is 0 Å². The van der Waals surface area contributed by atoms with E-state index >= 15 is 0 Å². The van der Waals surface area contributed by atoms with Crippen LogP contribution in [-0.4, -0.2) is 10.8 Å². The second kappa shape index (κ2) is 4.29. The molecule has 0 aliphatic heterocycles. The van der Waals surface area contributed by atoms with E-state index < -0.39 is 5.82 Å². The summed E-state index contributed by atoms with van der Waals surface area (Å²) in [5, 5.41) is 0. The molecule has 0 fully saturated rings. The van der Waals surface area contributed by atoms with E-state index in [1.54, 1.807) is 6.92 Å². The lowest BCUT2D eigenvalue weighted by atomic mass is 10.1. The van der Waals surface area contributed by atoms with Crippen LogP contribution in [0.25, 0.3) is 0 Å². The molecular formula is C12H10FN2O2+. The maximum atomic E-state index is 12.7. The highest BCUT2D eigenvalue weighted by molar-refractivity contribution is 6.07. The molecule has 2 aromatic rings. The maximum absolute atomic E-state index is 12.7. The standard InChI is InChI=1S/C12H10FN2O2/c1-8-6-14-11(7-15(8)17)12(16)9-2-4-10(13)5-3-9/h2-7H,1H3,(H,14,17)/q+1. The van der Waals surface area contributed by atoms with Gasteiger partial charge < -0.3 is 4.98 Å². The van der Waals surface area contributed by atoms with E-state index in [0.717, 1.165) is 0 Å². The molecule has 1 heterocycles. The number of aromatic nitrogens is 2. The minimum Gasteiger partial charge on any atom is -0.348 e. The second-order valence-electron chi connectivity index (χ2n) is 3.63. The lowest BCUT2D eigenvalue weighted by molar-refractivity contribution is -0.503. The first-order valence-electron chi connectivity index (χ1n) is 4.99. The Hall–Kier alpha value is -2.30. The summed E-state index contributed by atoms with van der Waals surface area (Å²) in [4.78, 5) is 26.0. The Morgan fingerprint density at radius 2 is 1.94 bits per heavy atom. The third-order valence-corrected chi connectivity index (χ3v) is 2.38. The molecule has 1 aromatic heterocycles. The van der Waals surface area contributed by atoms with E-state index in [0.29, 0.717) is 15.7 Å². The van der Waals surface area contributed by atoms with E-state index in [9.17, 15) is 14.1 Å². The number of nitrogens with one attached hydrogen (secondary N) is 1. The molecule has 0 saturated carbocycles. The van der Waals surface area contributed by atoms with Crippen LogP contribution in [0.2, 0.25) is 0 Å². The number of carbonyl (C=O) groups is 1. The molecule has 4 nitrogen and oxygen atoms in total. The molecule has 1 aromatic carbocycles. The summed E-state index contributed by atoms with van der Waals surface area (Å²) >= 11 is 0. The van der Waals surface area contributed by atoms with Crippen LogP contribution in [0.15, 0.2) is 36.7 Å². The number of H-pyrrole nitrogens is 1. The van der Waals surface area contributed by atoms with Gasteiger partial charge in [-0.25, -0.2) is 4.39 Å². The Morgan fingerprint density at radius 1 is 1.29 bits per heavy atom. The molecule has 0 bridgehead atoms.